The number of halogens is 3. The molecule has 1 rings (SSSR count). The van der Waals surface area contributed by atoms with Gasteiger partial charge in [-0.1, -0.05) is 15.9 Å². The fourth-order valence-electron chi connectivity index (χ4n) is 0.951. The topological polar surface area (TPSA) is 26.3 Å². The molecule has 0 aliphatic heterocycles. The Labute approximate surface area is 88.0 Å². The van der Waals surface area contributed by atoms with Crippen LogP contribution in [0.4, 0.5) is 8.78 Å². The van der Waals surface area contributed by atoms with Crippen LogP contribution >= 0.6 is 15.9 Å². The second-order valence-corrected chi connectivity index (χ2v) is 3.09. The molecule has 0 amide bonds. The van der Waals surface area contributed by atoms with Crippen molar-refractivity contribution < 1.29 is 18.3 Å². The Bertz CT molecular complexity index is 366. The zero-order chi connectivity index (χ0) is 10.7. The van der Waals surface area contributed by atoms with Crippen LogP contribution in [0.1, 0.15) is 10.4 Å². The smallest absolute Gasteiger partial charge is 0.200 e. The molecule has 0 spiro atoms. The average molecular weight is 265 g/mol. The van der Waals surface area contributed by atoms with Crippen molar-refractivity contribution in [1.82, 2.24) is 0 Å². The van der Waals surface area contributed by atoms with Crippen molar-refractivity contribution in [3.63, 3.8) is 0 Å². The van der Waals surface area contributed by atoms with Gasteiger partial charge in [0, 0.05) is 5.56 Å². The number of carbonyl (C=O) groups is 1. The zero-order valence-corrected chi connectivity index (χ0v) is 8.90. The van der Waals surface area contributed by atoms with E-state index in [-0.39, 0.29) is 22.4 Å². The van der Waals surface area contributed by atoms with Crippen LogP contribution in [0, 0.1) is 11.6 Å². The number of ketones is 1. The van der Waals surface area contributed by atoms with Crippen LogP contribution in [0.15, 0.2) is 12.1 Å². The Morgan fingerprint density at radius 2 is 2.14 bits per heavy atom. The SMILES string of the molecule is COc1cc(C(=O)CBr)cc(F)c1F. The van der Waals surface area contributed by atoms with E-state index in [1.165, 1.54) is 13.2 Å². The Balaban J connectivity index is 3.22. The van der Waals surface area contributed by atoms with E-state index in [0.29, 0.717) is 0 Å². The number of methoxy groups -OCH3 is 1. The highest BCUT2D eigenvalue weighted by Gasteiger charge is 2.14. The number of carbonyl (C=O) groups excluding carboxylic acids is 1. The number of ether oxygens (including phenoxy) is 1. The van der Waals surface area contributed by atoms with Gasteiger partial charge in [-0.3, -0.25) is 4.79 Å². The molecule has 0 aromatic heterocycles. The number of alkyl halides is 1. The first-order valence-electron chi connectivity index (χ1n) is 3.72. The summed E-state index contributed by atoms with van der Waals surface area (Å²) < 4.78 is 30.4. The minimum atomic E-state index is -1.09. The third kappa shape index (κ3) is 2.09. The van der Waals surface area contributed by atoms with Crippen molar-refractivity contribution in [2.75, 3.05) is 12.4 Å². The lowest BCUT2D eigenvalue weighted by Crippen LogP contribution is -2.03. The largest absolute Gasteiger partial charge is 0.494 e. The highest BCUT2D eigenvalue weighted by atomic mass is 79.9. The van der Waals surface area contributed by atoms with E-state index in [1.54, 1.807) is 0 Å². The summed E-state index contributed by atoms with van der Waals surface area (Å²) >= 11 is 2.93. The molecule has 0 fully saturated rings. The molecule has 1 aromatic carbocycles. The highest BCUT2D eigenvalue weighted by molar-refractivity contribution is 9.09. The van der Waals surface area contributed by atoms with E-state index in [4.69, 9.17) is 0 Å². The molecule has 2 nitrogen and oxygen atoms in total. The summed E-state index contributed by atoms with van der Waals surface area (Å²) in [5.74, 6) is -2.77. The molecule has 0 atom stereocenters. The van der Waals surface area contributed by atoms with Gasteiger partial charge in [-0.15, -0.1) is 0 Å². The quantitative estimate of drug-likeness (QED) is 0.620. The predicted molar refractivity (Wildman–Crippen MR) is 51.0 cm³/mol. The van der Waals surface area contributed by atoms with E-state index >= 15 is 0 Å². The number of benzene rings is 1. The van der Waals surface area contributed by atoms with Crippen molar-refractivity contribution in [2.24, 2.45) is 0 Å². The van der Waals surface area contributed by atoms with E-state index in [0.717, 1.165) is 6.07 Å². The number of Topliss-reactive ketones (excluding diaryl/α,β-unsaturated/α-hetero) is 1. The standard InChI is InChI=1S/C9H7BrF2O2/c1-14-8-3-5(7(13)4-10)2-6(11)9(8)12/h2-3H,4H2,1H3. The molecule has 0 saturated carbocycles. The summed E-state index contributed by atoms with van der Waals surface area (Å²) in [6, 6.07) is 2.02. The summed E-state index contributed by atoms with van der Waals surface area (Å²) in [7, 11) is 1.21. The molecule has 0 heterocycles. The molecule has 0 saturated heterocycles. The van der Waals surface area contributed by atoms with Crippen LogP contribution in [-0.2, 0) is 0 Å². The lowest BCUT2D eigenvalue weighted by Gasteiger charge is -2.04. The third-order valence-corrected chi connectivity index (χ3v) is 2.17. The molecular formula is C9H7BrF2O2. The van der Waals surface area contributed by atoms with E-state index < -0.39 is 11.6 Å². The molecule has 0 unspecified atom stereocenters. The fraction of sp³-hybridized carbons (Fsp3) is 0.222. The van der Waals surface area contributed by atoms with Gasteiger partial charge in [0.05, 0.1) is 12.4 Å². The summed E-state index contributed by atoms with van der Waals surface area (Å²) in [5.41, 5.74) is 0.0811. The summed E-state index contributed by atoms with van der Waals surface area (Å²) in [5, 5.41) is 0.0568. The summed E-state index contributed by atoms with van der Waals surface area (Å²) in [6.07, 6.45) is 0. The van der Waals surface area contributed by atoms with Crippen LogP contribution in [-0.4, -0.2) is 18.2 Å². The van der Waals surface area contributed by atoms with Gasteiger partial charge in [0.2, 0.25) is 5.82 Å². The minimum absolute atomic E-state index is 0.0568. The average Bonchev–Trinajstić information content (AvgIpc) is 2.20. The van der Waals surface area contributed by atoms with Crippen LogP contribution in [0.5, 0.6) is 5.75 Å². The maximum absolute atomic E-state index is 12.9. The first kappa shape index (κ1) is 11.1. The van der Waals surface area contributed by atoms with Gasteiger partial charge in [-0.25, -0.2) is 4.39 Å². The van der Waals surface area contributed by atoms with Gasteiger partial charge >= 0.3 is 0 Å². The van der Waals surface area contributed by atoms with E-state index in [1.807, 2.05) is 0 Å². The molecule has 76 valence electrons. The van der Waals surface area contributed by atoms with Gasteiger partial charge in [-0.05, 0) is 12.1 Å². The number of hydrogen-bond acceptors (Lipinski definition) is 2. The predicted octanol–water partition coefficient (Wildman–Crippen LogP) is 2.55. The highest BCUT2D eigenvalue weighted by Crippen LogP contribution is 2.22. The molecule has 0 radical (unpaired) electrons. The molecule has 0 N–H and O–H groups in total. The third-order valence-electron chi connectivity index (χ3n) is 1.66. The van der Waals surface area contributed by atoms with Crippen LogP contribution in [0.3, 0.4) is 0 Å². The van der Waals surface area contributed by atoms with Crippen molar-refractivity contribution in [3.8, 4) is 5.75 Å². The monoisotopic (exact) mass is 264 g/mol. The van der Waals surface area contributed by atoms with Gasteiger partial charge < -0.3 is 4.74 Å². The molecule has 0 bridgehead atoms. The Kier molecular flexibility index (Phi) is 3.57. The van der Waals surface area contributed by atoms with Crippen molar-refractivity contribution in [2.45, 2.75) is 0 Å². The second-order valence-electron chi connectivity index (χ2n) is 2.53. The lowest BCUT2D eigenvalue weighted by molar-refractivity contribution is 0.102. The van der Waals surface area contributed by atoms with Crippen LogP contribution < -0.4 is 4.74 Å². The van der Waals surface area contributed by atoms with E-state index in [9.17, 15) is 13.6 Å². The maximum Gasteiger partial charge on any atom is 0.200 e. The lowest BCUT2D eigenvalue weighted by atomic mass is 10.1. The Morgan fingerprint density at radius 3 is 2.64 bits per heavy atom. The fourth-order valence-corrected chi connectivity index (χ4v) is 1.27. The first-order chi connectivity index (χ1) is 6.60. The van der Waals surface area contributed by atoms with Gasteiger partial charge in [0.1, 0.15) is 0 Å². The van der Waals surface area contributed by atoms with Crippen LogP contribution in [0.2, 0.25) is 0 Å². The molecule has 14 heavy (non-hydrogen) atoms. The molecule has 0 aliphatic carbocycles. The van der Waals surface area contributed by atoms with Gasteiger partial charge in [-0.2, -0.15) is 4.39 Å². The number of hydrogen-bond donors (Lipinski definition) is 0. The summed E-state index contributed by atoms with van der Waals surface area (Å²) in [6.45, 7) is 0. The van der Waals surface area contributed by atoms with Crippen molar-refractivity contribution in [1.29, 1.82) is 0 Å². The van der Waals surface area contributed by atoms with E-state index in [2.05, 4.69) is 20.7 Å². The Morgan fingerprint density at radius 1 is 1.50 bits per heavy atom. The summed E-state index contributed by atoms with van der Waals surface area (Å²) in [4.78, 5) is 11.2. The van der Waals surface area contributed by atoms with Crippen molar-refractivity contribution >= 4 is 21.7 Å². The Hall–Kier alpha value is -0.970. The number of rotatable bonds is 3. The molecule has 0 aliphatic rings. The van der Waals surface area contributed by atoms with Crippen LogP contribution in [0.25, 0.3) is 0 Å². The minimum Gasteiger partial charge on any atom is -0.494 e. The second kappa shape index (κ2) is 4.50. The van der Waals surface area contributed by atoms with Gasteiger partial charge in [0.15, 0.2) is 17.3 Å². The molecular weight excluding hydrogens is 258 g/mol. The van der Waals surface area contributed by atoms with Crippen molar-refractivity contribution in [3.05, 3.63) is 29.3 Å². The maximum atomic E-state index is 12.9. The molecule has 5 heteroatoms. The normalized spacial score (nSPS) is 10.0. The van der Waals surface area contributed by atoms with Gasteiger partial charge in [0.25, 0.3) is 0 Å². The first-order valence-corrected chi connectivity index (χ1v) is 4.84. The zero-order valence-electron chi connectivity index (χ0n) is 7.31. The molecule has 1 aromatic rings.